The molecule has 0 atom stereocenters. The smallest absolute Gasteiger partial charge is 0.252 e. The Bertz CT molecular complexity index is 6160. The highest BCUT2D eigenvalue weighted by Gasteiger charge is 2.45. The zero-order valence-electron chi connectivity index (χ0n) is 55.2. The van der Waals surface area contributed by atoms with Crippen molar-refractivity contribution in [3.05, 3.63) is 345 Å². The normalized spacial score (nSPS) is 12.6. The molecule has 0 amide bonds. The molecule has 0 radical (unpaired) electrons. The summed E-state index contributed by atoms with van der Waals surface area (Å²) in [6.45, 7) is 6.93. The third-order valence-corrected chi connectivity index (χ3v) is 21.4. The minimum atomic E-state index is -0.261. The molecule has 2 aliphatic rings. The summed E-state index contributed by atoms with van der Waals surface area (Å²) in [6, 6.07) is 127. The molecule has 0 unspecified atom stereocenters. The van der Waals surface area contributed by atoms with Gasteiger partial charge in [-0.1, -0.05) is 282 Å². The second kappa shape index (κ2) is 22.1. The second-order valence-electron chi connectivity index (χ2n) is 27.9. The van der Waals surface area contributed by atoms with Crippen LogP contribution in [-0.4, -0.2) is 20.4 Å². The van der Waals surface area contributed by atoms with Crippen LogP contribution in [0, 0.1) is 0 Å². The highest BCUT2D eigenvalue weighted by molar-refractivity contribution is 7.00. The molecule has 99 heavy (non-hydrogen) atoms. The maximum absolute atomic E-state index is 2.72. The summed E-state index contributed by atoms with van der Waals surface area (Å²) < 4.78 is 7.77. The molecule has 20 rings (SSSR count). The van der Waals surface area contributed by atoms with Gasteiger partial charge in [-0.3, -0.25) is 0 Å². The third-order valence-electron chi connectivity index (χ3n) is 21.4. The maximum Gasteiger partial charge on any atom is 0.252 e. The van der Waals surface area contributed by atoms with E-state index in [4.69, 9.17) is 0 Å². The lowest BCUT2D eigenvalue weighted by Gasteiger charge is -2.43. The summed E-state index contributed by atoms with van der Waals surface area (Å²) in [5, 5.41) is 7.40. The molecular weight excluding hydrogens is 1200 g/mol. The minimum absolute atomic E-state index is 0.237. The number of benzene rings is 15. The molecule has 5 heteroatoms. The molecule has 4 nitrogen and oxygen atoms in total. The average molecular weight is 1260 g/mol. The Morgan fingerprint density at radius 2 is 0.707 bits per heavy atom. The lowest BCUT2D eigenvalue weighted by molar-refractivity contribution is 0.590. The standard InChI is InChI=1S/C94H65BN4/c1-94(2,3)70-55-87-91-88(56-70)99(92-73(66-45-41-64(42-46-66)60-25-10-4-11-26-60)38-24-39-74(92)67-47-43-65(44-48-67)61-27-12-5-13-28-61)85-57-77-75-51-49-69(63-31-16-7-17-32-63)54-83(75)97(72-35-20-9-21-36-72)84(77)58-79(85)95(91)80-59-86-89(90-76-37-22-23-40-81(76)98(87)93(80)90)78-53-68(62-29-14-6-15-30-62)50-52-82(78)96(86)71-33-18-8-19-34-71/h4-59H,1-3H3. The van der Waals surface area contributed by atoms with Crippen molar-refractivity contribution in [2.75, 3.05) is 4.90 Å². The van der Waals surface area contributed by atoms with Gasteiger partial charge in [-0.15, -0.1) is 0 Å². The van der Waals surface area contributed by atoms with E-state index >= 15 is 0 Å². The van der Waals surface area contributed by atoms with Crippen LogP contribution in [0.25, 0.3) is 149 Å². The summed E-state index contributed by atoms with van der Waals surface area (Å²) >= 11 is 0. The van der Waals surface area contributed by atoms with Crippen molar-refractivity contribution in [3.8, 4) is 83.8 Å². The SMILES string of the molecule is CC(C)(C)c1cc2c3c(c1)-n1c4ccccc4c4c5c6cc(-c7ccccc7)ccc6n(-c6ccccc6)c5cc(c41)B3c1cc3c(cc1N2c1c(-c2ccc(-c4ccccc4)cc2)cccc1-c1ccc(-c2ccccc2)cc1)c1ccc(-c2ccccc2)cc1n3-c1ccccc1. The molecule has 464 valence electrons. The van der Waals surface area contributed by atoms with Crippen molar-refractivity contribution in [2.24, 2.45) is 0 Å². The third kappa shape index (κ3) is 8.80. The summed E-state index contributed by atoms with van der Waals surface area (Å²) in [7, 11) is 0. The van der Waals surface area contributed by atoms with Crippen LogP contribution in [0.5, 0.6) is 0 Å². The Morgan fingerprint density at radius 3 is 1.28 bits per heavy atom. The van der Waals surface area contributed by atoms with Gasteiger partial charge in [0.2, 0.25) is 0 Å². The molecule has 2 aliphatic heterocycles. The van der Waals surface area contributed by atoms with Crippen molar-refractivity contribution in [1.82, 2.24) is 13.7 Å². The first-order chi connectivity index (χ1) is 48.8. The minimum Gasteiger partial charge on any atom is -0.310 e. The average Bonchev–Trinajstić information content (AvgIpc) is 1.65. The fourth-order valence-electron chi connectivity index (χ4n) is 16.8. The number of fused-ring (bicyclic) bond motifs is 14. The van der Waals surface area contributed by atoms with Crippen molar-refractivity contribution in [2.45, 2.75) is 26.2 Å². The van der Waals surface area contributed by atoms with Gasteiger partial charge in [-0.25, -0.2) is 0 Å². The van der Waals surface area contributed by atoms with Crippen LogP contribution < -0.4 is 21.3 Å². The van der Waals surface area contributed by atoms with E-state index in [0.29, 0.717) is 0 Å². The van der Waals surface area contributed by atoms with Gasteiger partial charge in [0.1, 0.15) is 0 Å². The Kier molecular flexibility index (Phi) is 12.7. The van der Waals surface area contributed by atoms with Crippen molar-refractivity contribution in [3.63, 3.8) is 0 Å². The van der Waals surface area contributed by atoms with E-state index in [1.54, 1.807) is 0 Å². The van der Waals surface area contributed by atoms with Gasteiger partial charge >= 0.3 is 0 Å². The second-order valence-corrected chi connectivity index (χ2v) is 27.9. The van der Waals surface area contributed by atoms with Gasteiger partial charge in [-0.2, -0.15) is 0 Å². The topological polar surface area (TPSA) is 18.0 Å². The Morgan fingerprint density at radius 1 is 0.263 bits per heavy atom. The number of anilines is 3. The highest BCUT2D eigenvalue weighted by atomic mass is 15.2. The molecule has 0 fully saturated rings. The van der Waals surface area contributed by atoms with Crippen molar-refractivity contribution >= 4 is 106 Å². The number of nitrogens with zero attached hydrogens (tertiary/aromatic N) is 4. The number of para-hydroxylation sites is 4. The Hall–Kier alpha value is -12.4. The summed E-state index contributed by atoms with van der Waals surface area (Å²) in [5.41, 5.74) is 32.9. The van der Waals surface area contributed by atoms with Crippen LogP contribution >= 0.6 is 0 Å². The van der Waals surface area contributed by atoms with Gasteiger partial charge < -0.3 is 18.6 Å². The predicted molar refractivity (Wildman–Crippen MR) is 420 cm³/mol. The largest absolute Gasteiger partial charge is 0.310 e. The molecule has 15 aromatic carbocycles. The number of rotatable bonds is 9. The zero-order chi connectivity index (χ0) is 65.6. The number of hydrogen-bond acceptors (Lipinski definition) is 1. The van der Waals surface area contributed by atoms with E-state index in [1.807, 2.05) is 0 Å². The Labute approximate surface area is 575 Å². The van der Waals surface area contributed by atoms with Gasteiger partial charge in [0, 0.05) is 71.9 Å². The molecule has 0 spiro atoms. The lowest BCUT2D eigenvalue weighted by atomic mass is 9.33. The van der Waals surface area contributed by atoms with Crippen LogP contribution in [-0.2, 0) is 5.41 Å². The molecule has 3 aromatic heterocycles. The van der Waals surface area contributed by atoms with E-state index in [-0.39, 0.29) is 12.1 Å². The van der Waals surface area contributed by atoms with E-state index in [0.717, 1.165) is 56.0 Å². The lowest BCUT2D eigenvalue weighted by Crippen LogP contribution is -2.60. The molecular formula is C94H65BN4. The molecule has 0 saturated heterocycles. The number of aromatic nitrogens is 3. The van der Waals surface area contributed by atoms with Crippen molar-refractivity contribution < 1.29 is 0 Å². The number of hydrogen-bond donors (Lipinski definition) is 0. The molecule has 5 heterocycles. The molecule has 0 saturated carbocycles. The van der Waals surface area contributed by atoms with Gasteiger partial charge in [0.05, 0.1) is 38.8 Å². The molecule has 0 N–H and O–H groups in total. The Balaban J connectivity index is 0.963. The van der Waals surface area contributed by atoms with E-state index < -0.39 is 0 Å². The van der Waals surface area contributed by atoms with Gasteiger partial charge in [-0.05, 0) is 162 Å². The monoisotopic (exact) mass is 1260 g/mol. The first-order valence-corrected chi connectivity index (χ1v) is 34.6. The van der Waals surface area contributed by atoms with E-state index in [9.17, 15) is 0 Å². The fourth-order valence-corrected chi connectivity index (χ4v) is 16.8. The fraction of sp³-hybridized carbons (Fsp3) is 0.0426. The van der Waals surface area contributed by atoms with Gasteiger partial charge in [0.25, 0.3) is 6.71 Å². The van der Waals surface area contributed by atoms with Crippen molar-refractivity contribution in [1.29, 1.82) is 0 Å². The zero-order valence-corrected chi connectivity index (χ0v) is 55.2. The van der Waals surface area contributed by atoms with E-state index in [2.05, 4.69) is 379 Å². The van der Waals surface area contributed by atoms with Crippen LogP contribution in [0.1, 0.15) is 26.3 Å². The predicted octanol–water partition coefficient (Wildman–Crippen LogP) is 22.9. The highest BCUT2D eigenvalue weighted by Crippen LogP contribution is 2.53. The van der Waals surface area contributed by atoms with Crippen LogP contribution in [0.15, 0.2) is 340 Å². The first kappa shape index (κ1) is 56.9. The van der Waals surface area contributed by atoms with Crippen LogP contribution in [0.4, 0.5) is 17.1 Å². The maximum atomic E-state index is 2.72. The van der Waals surface area contributed by atoms with Gasteiger partial charge in [0.15, 0.2) is 0 Å². The quantitative estimate of drug-likeness (QED) is 0.132. The molecule has 0 bridgehead atoms. The molecule has 18 aromatic rings. The summed E-state index contributed by atoms with van der Waals surface area (Å²) in [5.74, 6) is 0. The summed E-state index contributed by atoms with van der Waals surface area (Å²) in [4.78, 5) is 2.72. The van der Waals surface area contributed by atoms with E-state index in [1.165, 1.54) is 132 Å². The summed E-state index contributed by atoms with van der Waals surface area (Å²) in [6.07, 6.45) is 0. The first-order valence-electron chi connectivity index (χ1n) is 34.6. The van der Waals surface area contributed by atoms with Crippen LogP contribution in [0.3, 0.4) is 0 Å². The molecule has 0 aliphatic carbocycles. The van der Waals surface area contributed by atoms with Crippen LogP contribution in [0.2, 0.25) is 0 Å².